The molecule has 0 aliphatic rings. The molecule has 0 aliphatic carbocycles. The molecule has 0 atom stereocenters. The van der Waals surface area contributed by atoms with Gasteiger partial charge < -0.3 is 9.30 Å². The normalized spacial score (nSPS) is 10.7. The van der Waals surface area contributed by atoms with Crippen LogP contribution in [0.1, 0.15) is 11.3 Å². The summed E-state index contributed by atoms with van der Waals surface area (Å²) in [6.45, 7) is 0.434. The van der Waals surface area contributed by atoms with Crippen LogP contribution in [0.4, 0.5) is 0 Å². The summed E-state index contributed by atoms with van der Waals surface area (Å²) >= 11 is 0. The number of para-hydroxylation sites is 1. The maximum Gasteiger partial charge on any atom is 0.255 e. The van der Waals surface area contributed by atoms with E-state index in [2.05, 4.69) is 0 Å². The van der Waals surface area contributed by atoms with Gasteiger partial charge in [-0.05, 0) is 17.7 Å². The lowest BCUT2D eigenvalue weighted by molar-refractivity contribution is 0.308. The predicted octanol–water partition coefficient (Wildman–Crippen LogP) is 3.22. The molecule has 0 amide bonds. The summed E-state index contributed by atoms with van der Waals surface area (Å²) in [5.41, 5.74) is 2.48. The Bertz CT molecular complexity index is 744. The van der Waals surface area contributed by atoms with Crippen LogP contribution >= 0.6 is 0 Å². The van der Waals surface area contributed by atoms with E-state index in [1.54, 1.807) is 0 Å². The standard InChI is InChI=1S/C17H14NO2/c1-18-15-10-6-5-9-14(15)17(16(18)11-19)20-12-13-7-3-2-4-8-13/h2-10H,12H2,1H3. The van der Waals surface area contributed by atoms with Crippen molar-refractivity contribution in [1.29, 1.82) is 0 Å². The molecule has 0 spiro atoms. The molecule has 0 saturated carbocycles. The summed E-state index contributed by atoms with van der Waals surface area (Å²) in [6, 6.07) is 17.7. The number of hydrogen-bond donors (Lipinski definition) is 0. The highest BCUT2D eigenvalue weighted by molar-refractivity contribution is 5.96. The first kappa shape index (κ1) is 12.5. The van der Waals surface area contributed by atoms with Crippen LogP contribution in [0.5, 0.6) is 5.75 Å². The highest BCUT2D eigenvalue weighted by Gasteiger charge is 2.16. The van der Waals surface area contributed by atoms with Crippen LogP contribution in [0.3, 0.4) is 0 Å². The molecular formula is C17H14NO2. The zero-order valence-corrected chi connectivity index (χ0v) is 11.2. The van der Waals surface area contributed by atoms with Crippen molar-refractivity contribution in [2.75, 3.05) is 0 Å². The van der Waals surface area contributed by atoms with Crippen molar-refractivity contribution in [3.8, 4) is 5.75 Å². The second-order valence-corrected chi connectivity index (χ2v) is 4.63. The third-order valence-corrected chi connectivity index (χ3v) is 3.38. The van der Waals surface area contributed by atoms with E-state index in [9.17, 15) is 4.79 Å². The fraction of sp³-hybridized carbons (Fsp3) is 0.118. The van der Waals surface area contributed by atoms with Gasteiger partial charge in [-0.15, -0.1) is 0 Å². The van der Waals surface area contributed by atoms with Gasteiger partial charge in [-0.3, -0.25) is 4.79 Å². The number of fused-ring (bicyclic) bond motifs is 1. The van der Waals surface area contributed by atoms with Crippen LogP contribution in [0, 0.1) is 0 Å². The molecule has 0 unspecified atom stereocenters. The molecular weight excluding hydrogens is 250 g/mol. The number of nitrogens with zero attached hydrogens (tertiary/aromatic N) is 1. The molecule has 0 bridgehead atoms. The molecule has 1 aromatic heterocycles. The van der Waals surface area contributed by atoms with Gasteiger partial charge in [-0.2, -0.15) is 0 Å². The average molecular weight is 264 g/mol. The van der Waals surface area contributed by atoms with Crippen molar-refractivity contribution in [3.05, 3.63) is 65.9 Å². The molecule has 20 heavy (non-hydrogen) atoms. The summed E-state index contributed by atoms with van der Waals surface area (Å²) in [6.07, 6.45) is 1.98. The summed E-state index contributed by atoms with van der Waals surface area (Å²) in [5.74, 6) is 0.599. The number of aryl methyl sites for hydroxylation is 1. The van der Waals surface area contributed by atoms with E-state index in [0.29, 0.717) is 18.1 Å². The van der Waals surface area contributed by atoms with E-state index in [0.717, 1.165) is 16.5 Å². The molecule has 0 fully saturated rings. The number of aromatic nitrogens is 1. The van der Waals surface area contributed by atoms with E-state index >= 15 is 0 Å². The molecule has 99 valence electrons. The Labute approximate surface area is 117 Å². The summed E-state index contributed by atoms with van der Waals surface area (Å²) in [5, 5.41) is 0.935. The molecule has 0 aliphatic heterocycles. The van der Waals surface area contributed by atoms with Gasteiger partial charge >= 0.3 is 0 Å². The largest absolute Gasteiger partial charge is 0.486 e. The zero-order chi connectivity index (χ0) is 13.9. The van der Waals surface area contributed by atoms with Crippen molar-refractivity contribution >= 4 is 17.2 Å². The molecule has 1 radical (unpaired) electrons. The summed E-state index contributed by atoms with van der Waals surface area (Å²) < 4.78 is 7.67. The first-order valence-electron chi connectivity index (χ1n) is 6.43. The van der Waals surface area contributed by atoms with E-state index < -0.39 is 0 Å². The van der Waals surface area contributed by atoms with E-state index in [1.807, 2.05) is 72.5 Å². The molecule has 3 heteroatoms. The monoisotopic (exact) mass is 264 g/mol. The Hall–Kier alpha value is -2.55. The maximum absolute atomic E-state index is 11.2. The smallest absolute Gasteiger partial charge is 0.255 e. The topological polar surface area (TPSA) is 31.2 Å². The second-order valence-electron chi connectivity index (χ2n) is 4.63. The Morgan fingerprint density at radius 1 is 1.05 bits per heavy atom. The van der Waals surface area contributed by atoms with Gasteiger partial charge in [0.1, 0.15) is 12.3 Å². The molecule has 3 rings (SSSR count). The average Bonchev–Trinajstić information content (AvgIpc) is 2.78. The predicted molar refractivity (Wildman–Crippen MR) is 78.5 cm³/mol. The number of hydrogen-bond acceptors (Lipinski definition) is 2. The molecule has 3 nitrogen and oxygen atoms in total. The molecule has 0 saturated heterocycles. The summed E-state index contributed by atoms with van der Waals surface area (Å²) in [7, 11) is 1.85. The lowest BCUT2D eigenvalue weighted by Crippen LogP contribution is -1.99. The Morgan fingerprint density at radius 2 is 1.75 bits per heavy atom. The lowest BCUT2D eigenvalue weighted by Gasteiger charge is -2.06. The van der Waals surface area contributed by atoms with Crippen LogP contribution in [0.2, 0.25) is 0 Å². The fourth-order valence-corrected chi connectivity index (χ4v) is 2.35. The highest BCUT2D eigenvalue weighted by atomic mass is 16.5. The molecule has 2 aromatic carbocycles. The van der Waals surface area contributed by atoms with Crippen molar-refractivity contribution in [2.45, 2.75) is 6.61 Å². The minimum Gasteiger partial charge on any atom is -0.486 e. The van der Waals surface area contributed by atoms with Gasteiger partial charge in [0, 0.05) is 12.4 Å². The van der Waals surface area contributed by atoms with E-state index in [-0.39, 0.29) is 0 Å². The maximum atomic E-state index is 11.2. The first-order valence-corrected chi connectivity index (χ1v) is 6.43. The molecule has 3 aromatic rings. The molecule has 0 N–H and O–H groups in total. The second kappa shape index (κ2) is 5.21. The van der Waals surface area contributed by atoms with Gasteiger partial charge in [-0.1, -0.05) is 42.5 Å². The number of benzene rings is 2. The van der Waals surface area contributed by atoms with E-state index in [4.69, 9.17) is 4.74 Å². The fourth-order valence-electron chi connectivity index (χ4n) is 2.35. The van der Waals surface area contributed by atoms with Crippen LogP contribution in [0.25, 0.3) is 10.9 Å². The Morgan fingerprint density at radius 3 is 2.50 bits per heavy atom. The third kappa shape index (κ3) is 2.07. The van der Waals surface area contributed by atoms with Gasteiger partial charge in [0.15, 0.2) is 5.75 Å². The minimum atomic E-state index is 0.434. The number of ether oxygens (including phenoxy) is 1. The van der Waals surface area contributed by atoms with Crippen LogP contribution in [-0.2, 0) is 18.4 Å². The number of rotatable bonds is 4. The minimum absolute atomic E-state index is 0.434. The Balaban J connectivity index is 2.00. The molecule has 1 heterocycles. The quantitative estimate of drug-likeness (QED) is 0.724. The van der Waals surface area contributed by atoms with Crippen molar-refractivity contribution < 1.29 is 9.53 Å². The van der Waals surface area contributed by atoms with Crippen molar-refractivity contribution in [1.82, 2.24) is 4.57 Å². The van der Waals surface area contributed by atoms with Crippen molar-refractivity contribution in [2.24, 2.45) is 7.05 Å². The van der Waals surface area contributed by atoms with Crippen molar-refractivity contribution in [3.63, 3.8) is 0 Å². The summed E-state index contributed by atoms with van der Waals surface area (Å²) in [4.78, 5) is 11.2. The first-order chi connectivity index (χ1) is 9.81. The van der Waals surface area contributed by atoms with Gasteiger partial charge in [0.2, 0.25) is 0 Å². The highest BCUT2D eigenvalue weighted by Crippen LogP contribution is 2.31. The Kier molecular flexibility index (Phi) is 3.25. The van der Waals surface area contributed by atoms with Gasteiger partial charge in [0.05, 0.1) is 5.52 Å². The van der Waals surface area contributed by atoms with Crippen LogP contribution < -0.4 is 4.74 Å². The zero-order valence-electron chi connectivity index (χ0n) is 11.2. The third-order valence-electron chi connectivity index (χ3n) is 3.38. The van der Waals surface area contributed by atoms with Crippen LogP contribution in [-0.4, -0.2) is 10.9 Å². The van der Waals surface area contributed by atoms with E-state index in [1.165, 1.54) is 0 Å². The number of carbonyl (C=O) groups excluding carboxylic acids is 1. The SMILES string of the molecule is Cn1c([C]=O)c(OCc2ccccc2)c2ccccc21. The van der Waals surface area contributed by atoms with Gasteiger partial charge in [0.25, 0.3) is 6.29 Å². The lowest BCUT2D eigenvalue weighted by atomic mass is 10.2. The van der Waals surface area contributed by atoms with Crippen LogP contribution in [0.15, 0.2) is 54.6 Å². The van der Waals surface area contributed by atoms with Gasteiger partial charge in [-0.25, -0.2) is 0 Å².